The Morgan fingerprint density at radius 3 is 2.62 bits per heavy atom. The maximum absolute atomic E-state index is 11.8. The first-order valence-electron chi connectivity index (χ1n) is 6.35. The van der Waals surface area contributed by atoms with Crippen molar-refractivity contribution < 1.29 is 9.90 Å². The largest absolute Gasteiger partial charge is 0.388 e. The zero-order valence-electron chi connectivity index (χ0n) is 10.4. The van der Waals surface area contributed by atoms with Gasteiger partial charge in [0.2, 0.25) is 5.91 Å². The SMILES string of the molecule is CCC(O)(CC)CNC(=O)[C@@H]1CCCCN1. The van der Waals surface area contributed by atoms with Crippen molar-refractivity contribution >= 4 is 5.91 Å². The molecule has 1 rings (SSSR count). The van der Waals surface area contributed by atoms with E-state index in [0.29, 0.717) is 19.4 Å². The maximum atomic E-state index is 11.8. The summed E-state index contributed by atoms with van der Waals surface area (Å²) >= 11 is 0. The molecule has 0 aromatic rings. The number of aliphatic hydroxyl groups is 1. The van der Waals surface area contributed by atoms with Crippen molar-refractivity contribution in [3.8, 4) is 0 Å². The molecule has 4 heteroatoms. The number of nitrogens with one attached hydrogen (secondary N) is 2. The highest BCUT2D eigenvalue weighted by Gasteiger charge is 2.25. The van der Waals surface area contributed by atoms with Crippen molar-refractivity contribution in [3.05, 3.63) is 0 Å². The van der Waals surface area contributed by atoms with Crippen LogP contribution in [0.5, 0.6) is 0 Å². The lowest BCUT2D eigenvalue weighted by atomic mass is 9.97. The predicted octanol–water partition coefficient (Wildman–Crippen LogP) is 0.796. The minimum Gasteiger partial charge on any atom is -0.388 e. The molecule has 1 fully saturated rings. The Morgan fingerprint density at radius 1 is 1.44 bits per heavy atom. The molecule has 4 nitrogen and oxygen atoms in total. The minimum atomic E-state index is -0.746. The van der Waals surface area contributed by atoms with Gasteiger partial charge in [0.15, 0.2) is 0 Å². The van der Waals surface area contributed by atoms with Crippen LogP contribution >= 0.6 is 0 Å². The number of hydrogen-bond donors (Lipinski definition) is 3. The van der Waals surface area contributed by atoms with Gasteiger partial charge in [-0.15, -0.1) is 0 Å². The molecule has 0 saturated carbocycles. The second-order valence-corrected chi connectivity index (χ2v) is 4.65. The van der Waals surface area contributed by atoms with Crippen molar-refractivity contribution in [2.24, 2.45) is 0 Å². The van der Waals surface area contributed by atoms with Gasteiger partial charge in [0.25, 0.3) is 0 Å². The summed E-state index contributed by atoms with van der Waals surface area (Å²) in [6.45, 7) is 5.16. The van der Waals surface area contributed by atoms with Crippen LogP contribution in [-0.4, -0.2) is 35.7 Å². The van der Waals surface area contributed by atoms with Gasteiger partial charge < -0.3 is 15.7 Å². The van der Waals surface area contributed by atoms with E-state index in [-0.39, 0.29) is 11.9 Å². The fourth-order valence-electron chi connectivity index (χ4n) is 1.95. The molecule has 0 radical (unpaired) electrons. The molecule has 0 spiro atoms. The number of piperidine rings is 1. The van der Waals surface area contributed by atoms with Crippen LogP contribution in [0.15, 0.2) is 0 Å². The average molecular weight is 228 g/mol. The van der Waals surface area contributed by atoms with E-state index in [1.165, 1.54) is 0 Å². The summed E-state index contributed by atoms with van der Waals surface area (Å²) in [7, 11) is 0. The monoisotopic (exact) mass is 228 g/mol. The predicted molar refractivity (Wildman–Crippen MR) is 64.2 cm³/mol. The molecule has 0 bridgehead atoms. The van der Waals surface area contributed by atoms with Crippen LogP contribution in [0.4, 0.5) is 0 Å². The third-order valence-electron chi connectivity index (χ3n) is 3.53. The molecule has 0 aromatic heterocycles. The van der Waals surface area contributed by atoms with Crippen molar-refractivity contribution in [1.82, 2.24) is 10.6 Å². The molecule has 0 aliphatic carbocycles. The molecule has 1 heterocycles. The van der Waals surface area contributed by atoms with Gasteiger partial charge >= 0.3 is 0 Å². The zero-order chi connectivity index (χ0) is 12.0. The smallest absolute Gasteiger partial charge is 0.237 e. The summed E-state index contributed by atoms with van der Waals surface area (Å²) in [6, 6.07) is -0.0632. The summed E-state index contributed by atoms with van der Waals surface area (Å²) in [4.78, 5) is 11.8. The zero-order valence-corrected chi connectivity index (χ0v) is 10.4. The van der Waals surface area contributed by atoms with Gasteiger partial charge in [-0.2, -0.15) is 0 Å². The number of carbonyl (C=O) groups is 1. The Morgan fingerprint density at radius 2 is 2.12 bits per heavy atom. The van der Waals surface area contributed by atoms with Crippen LogP contribution in [0.3, 0.4) is 0 Å². The molecule has 94 valence electrons. The first-order valence-corrected chi connectivity index (χ1v) is 6.35. The summed E-state index contributed by atoms with van der Waals surface area (Å²) in [6.07, 6.45) is 4.50. The maximum Gasteiger partial charge on any atom is 0.237 e. The Bertz CT molecular complexity index is 221. The van der Waals surface area contributed by atoms with Crippen LogP contribution in [0.2, 0.25) is 0 Å². The Hall–Kier alpha value is -0.610. The summed E-state index contributed by atoms with van der Waals surface area (Å²) in [5.41, 5.74) is -0.746. The first-order chi connectivity index (χ1) is 7.61. The van der Waals surface area contributed by atoms with Crippen molar-refractivity contribution in [1.29, 1.82) is 0 Å². The Labute approximate surface area is 97.8 Å². The topological polar surface area (TPSA) is 61.4 Å². The van der Waals surface area contributed by atoms with E-state index in [2.05, 4.69) is 10.6 Å². The lowest BCUT2D eigenvalue weighted by Crippen LogP contribution is -2.50. The third kappa shape index (κ3) is 3.76. The van der Waals surface area contributed by atoms with Gasteiger partial charge in [-0.25, -0.2) is 0 Å². The fraction of sp³-hybridized carbons (Fsp3) is 0.917. The fourth-order valence-corrected chi connectivity index (χ4v) is 1.95. The lowest BCUT2D eigenvalue weighted by molar-refractivity contribution is -0.125. The molecule has 1 atom stereocenters. The first kappa shape index (κ1) is 13.5. The van der Waals surface area contributed by atoms with Crippen LogP contribution in [-0.2, 0) is 4.79 Å². The van der Waals surface area contributed by atoms with Crippen molar-refractivity contribution in [3.63, 3.8) is 0 Å². The number of amides is 1. The van der Waals surface area contributed by atoms with E-state index >= 15 is 0 Å². The molecule has 16 heavy (non-hydrogen) atoms. The molecule has 1 aliphatic rings. The molecule has 1 aliphatic heterocycles. The van der Waals surface area contributed by atoms with Gasteiger partial charge in [-0.3, -0.25) is 4.79 Å². The Kier molecular flexibility index (Phi) is 5.22. The highest BCUT2D eigenvalue weighted by Crippen LogP contribution is 2.13. The minimum absolute atomic E-state index is 0.0278. The molecule has 3 N–H and O–H groups in total. The van der Waals surface area contributed by atoms with Gasteiger partial charge in [0.05, 0.1) is 11.6 Å². The van der Waals surface area contributed by atoms with Crippen molar-refractivity contribution in [2.75, 3.05) is 13.1 Å². The quantitative estimate of drug-likeness (QED) is 0.652. The number of rotatable bonds is 5. The lowest BCUT2D eigenvalue weighted by Gasteiger charge is -2.28. The Balaban J connectivity index is 2.33. The summed E-state index contributed by atoms with van der Waals surface area (Å²) < 4.78 is 0. The molecular weight excluding hydrogens is 204 g/mol. The molecular formula is C12H24N2O2. The average Bonchev–Trinajstić information content (AvgIpc) is 2.36. The third-order valence-corrected chi connectivity index (χ3v) is 3.53. The van der Waals surface area contributed by atoms with E-state index in [1.807, 2.05) is 13.8 Å². The molecule has 0 unspecified atom stereocenters. The normalized spacial score (nSPS) is 21.8. The summed E-state index contributed by atoms with van der Waals surface area (Å²) in [5.74, 6) is 0.0278. The van der Waals surface area contributed by atoms with E-state index < -0.39 is 5.60 Å². The summed E-state index contributed by atoms with van der Waals surface area (Å²) in [5, 5.41) is 16.1. The van der Waals surface area contributed by atoms with Crippen LogP contribution in [0, 0.1) is 0 Å². The van der Waals surface area contributed by atoms with Gasteiger partial charge in [0, 0.05) is 6.54 Å². The van der Waals surface area contributed by atoms with Gasteiger partial charge in [-0.05, 0) is 32.2 Å². The number of carbonyl (C=O) groups excluding carboxylic acids is 1. The molecule has 1 saturated heterocycles. The highest BCUT2D eigenvalue weighted by atomic mass is 16.3. The van der Waals surface area contributed by atoms with Crippen LogP contribution < -0.4 is 10.6 Å². The standard InChI is InChI=1S/C12H24N2O2/c1-3-12(16,4-2)9-14-11(15)10-7-5-6-8-13-10/h10,13,16H,3-9H2,1-2H3,(H,14,15)/t10-/m0/s1. The molecule has 0 aromatic carbocycles. The van der Waals surface area contributed by atoms with Crippen LogP contribution in [0.25, 0.3) is 0 Å². The number of hydrogen-bond acceptors (Lipinski definition) is 3. The van der Waals surface area contributed by atoms with E-state index in [1.54, 1.807) is 0 Å². The van der Waals surface area contributed by atoms with Crippen LogP contribution in [0.1, 0.15) is 46.0 Å². The second-order valence-electron chi connectivity index (χ2n) is 4.65. The second kappa shape index (κ2) is 6.21. The van der Waals surface area contributed by atoms with E-state index in [0.717, 1.165) is 25.8 Å². The van der Waals surface area contributed by atoms with Crippen molar-refractivity contribution in [2.45, 2.75) is 57.6 Å². The molecule has 1 amide bonds. The van der Waals surface area contributed by atoms with E-state index in [4.69, 9.17) is 0 Å². The highest BCUT2D eigenvalue weighted by molar-refractivity contribution is 5.81. The van der Waals surface area contributed by atoms with E-state index in [9.17, 15) is 9.90 Å². The van der Waals surface area contributed by atoms with Gasteiger partial charge in [0.1, 0.15) is 0 Å². The van der Waals surface area contributed by atoms with Gasteiger partial charge in [-0.1, -0.05) is 20.3 Å².